The van der Waals surface area contributed by atoms with Crippen molar-refractivity contribution in [3.63, 3.8) is 0 Å². The molecule has 1 saturated heterocycles. The maximum absolute atomic E-state index is 12.2. The predicted molar refractivity (Wildman–Crippen MR) is 72.4 cm³/mol. The number of hydrogen-bond acceptors (Lipinski definition) is 3. The molecule has 1 saturated carbocycles. The van der Waals surface area contributed by atoms with Gasteiger partial charge in [-0.1, -0.05) is 0 Å². The van der Waals surface area contributed by atoms with Gasteiger partial charge in [-0.2, -0.15) is 5.10 Å². The minimum Gasteiger partial charge on any atom is -0.331 e. The Morgan fingerprint density at radius 1 is 1.37 bits per heavy atom. The van der Waals surface area contributed by atoms with Gasteiger partial charge in [-0.3, -0.25) is 9.48 Å². The molecule has 2 aliphatic rings. The molecule has 1 aromatic heterocycles. The topological polar surface area (TPSA) is 64.2 Å². The number of aromatic nitrogens is 2. The van der Waals surface area contributed by atoms with Crippen LogP contribution in [-0.2, 0) is 4.79 Å². The van der Waals surface area contributed by atoms with Crippen LogP contribution in [0, 0.1) is 0 Å². The number of nitrogens with zero attached hydrogens (tertiary/aromatic N) is 3. The van der Waals surface area contributed by atoms with Crippen molar-refractivity contribution >= 4 is 5.91 Å². The van der Waals surface area contributed by atoms with Gasteiger partial charge in [-0.25, -0.2) is 0 Å². The van der Waals surface area contributed by atoms with E-state index in [9.17, 15) is 4.79 Å². The largest absolute Gasteiger partial charge is 0.331 e. The van der Waals surface area contributed by atoms with Crippen LogP contribution >= 0.6 is 0 Å². The quantitative estimate of drug-likeness (QED) is 0.900. The Kier molecular flexibility index (Phi) is 3.09. The highest BCUT2D eigenvalue weighted by Gasteiger charge is 2.43. The van der Waals surface area contributed by atoms with Crippen LogP contribution in [0.4, 0.5) is 0 Å². The molecule has 1 aliphatic heterocycles. The van der Waals surface area contributed by atoms with E-state index in [0.29, 0.717) is 18.5 Å². The normalized spacial score (nSPS) is 28.2. The van der Waals surface area contributed by atoms with Gasteiger partial charge in [0.25, 0.3) is 0 Å². The summed E-state index contributed by atoms with van der Waals surface area (Å²) < 4.78 is 1.94. The van der Waals surface area contributed by atoms with Gasteiger partial charge in [-0.15, -0.1) is 0 Å². The molecule has 2 unspecified atom stereocenters. The average Bonchev–Trinajstić information content (AvgIpc) is 3.08. The summed E-state index contributed by atoms with van der Waals surface area (Å²) in [5.41, 5.74) is 7.37. The molecule has 5 heteroatoms. The molecule has 19 heavy (non-hydrogen) atoms. The molecule has 1 aromatic rings. The van der Waals surface area contributed by atoms with Crippen LogP contribution in [-0.4, -0.2) is 32.7 Å². The lowest BCUT2D eigenvalue weighted by Crippen LogP contribution is -2.49. The van der Waals surface area contributed by atoms with Crippen molar-refractivity contribution in [2.45, 2.75) is 63.7 Å². The van der Waals surface area contributed by atoms with Gasteiger partial charge >= 0.3 is 0 Å². The summed E-state index contributed by atoms with van der Waals surface area (Å²) in [5.74, 6) is 0.256. The molecule has 2 atom stereocenters. The van der Waals surface area contributed by atoms with E-state index in [0.717, 1.165) is 24.8 Å². The van der Waals surface area contributed by atoms with Gasteiger partial charge in [0.1, 0.15) is 0 Å². The first-order valence-electron chi connectivity index (χ1n) is 7.18. The van der Waals surface area contributed by atoms with Gasteiger partial charge in [-0.05, 0) is 33.1 Å². The van der Waals surface area contributed by atoms with Crippen LogP contribution in [0.5, 0.6) is 0 Å². The third-order valence-electron chi connectivity index (χ3n) is 4.12. The van der Waals surface area contributed by atoms with E-state index in [1.807, 2.05) is 22.0 Å². The van der Waals surface area contributed by atoms with Gasteiger partial charge < -0.3 is 10.6 Å². The monoisotopic (exact) mass is 262 g/mol. The molecule has 2 fully saturated rings. The summed E-state index contributed by atoms with van der Waals surface area (Å²) in [7, 11) is 0. The maximum atomic E-state index is 12.2. The van der Waals surface area contributed by atoms with Crippen molar-refractivity contribution in [2.24, 2.45) is 5.73 Å². The molecular weight excluding hydrogens is 240 g/mol. The minimum absolute atomic E-state index is 0.0150. The number of rotatable bonds is 3. The van der Waals surface area contributed by atoms with Crippen molar-refractivity contribution in [3.05, 3.63) is 18.0 Å². The highest BCUT2D eigenvalue weighted by molar-refractivity contribution is 5.78. The first-order chi connectivity index (χ1) is 9.08. The second-order valence-electron chi connectivity index (χ2n) is 6.03. The lowest BCUT2D eigenvalue weighted by atomic mass is 9.92. The number of piperidine rings is 1. The Balaban J connectivity index is 1.91. The lowest BCUT2D eigenvalue weighted by Gasteiger charge is -2.39. The lowest BCUT2D eigenvalue weighted by molar-refractivity contribution is -0.138. The Labute approximate surface area is 113 Å². The second-order valence-corrected chi connectivity index (χ2v) is 6.03. The SMILES string of the molecule is CC(C)n1cc(C2C(N)CCC(=O)N2C2CC2)cn1. The Bertz CT molecular complexity index is 478. The van der Waals surface area contributed by atoms with Crippen LogP contribution in [0.15, 0.2) is 12.4 Å². The predicted octanol–water partition coefficient (Wildman–Crippen LogP) is 1.62. The Hall–Kier alpha value is -1.36. The average molecular weight is 262 g/mol. The number of nitrogens with two attached hydrogens (primary N) is 1. The molecule has 0 bridgehead atoms. The summed E-state index contributed by atoms with van der Waals surface area (Å²) in [5, 5.41) is 4.39. The molecule has 1 aliphatic carbocycles. The zero-order valence-electron chi connectivity index (χ0n) is 11.6. The Morgan fingerprint density at radius 3 is 2.68 bits per heavy atom. The molecular formula is C14H22N4O. The molecule has 104 valence electrons. The van der Waals surface area contributed by atoms with Crippen molar-refractivity contribution in [1.82, 2.24) is 14.7 Å². The van der Waals surface area contributed by atoms with Crippen LogP contribution in [0.2, 0.25) is 0 Å². The van der Waals surface area contributed by atoms with Crippen LogP contribution in [0.25, 0.3) is 0 Å². The fraction of sp³-hybridized carbons (Fsp3) is 0.714. The number of likely N-dealkylation sites (tertiary alicyclic amines) is 1. The fourth-order valence-corrected chi connectivity index (χ4v) is 2.92. The molecule has 3 rings (SSSR count). The van der Waals surface area contributed by atoms with Gasteiger partial charge in [0.05, 0.1) is 12.2 Å². The summed E-state index contributed by atoms with van der Waals surface area (Å²) in [4.78, 5) is 14.2. The highest BCUT2D eigenvalue weighted by atomic mass is 16.2. The number of hydrogen-bond donors (Lipinski definition) is 1. The van der Waals surface area contributed by atoms with Crippen molar-refractivity contribution in [3.8, 4) is 0 Å². The number of carbonyl (C=O) groups is 1. The van der Waals surface area contributed by atoms with Crippen LogP contribution in [0.1, 0.15) is 57.2 Å². The summed E-state index contributed by atoms with van der Waals surface area (Å²) in [6, 6.07) is 0.786. The molecule has 0 spiro atoms. The van der Waals surface area contributed by atoms with E-state index in [4.69, 9.17) is 5.73 Å². The summed E-state index contributed by atoms with van der Waals surface area (Å²) in [6.45, 7) is 4.20. The Morgan fingerprint density at radius 2 is 2.11 bits per heavy atom. The molecule has 2 N–H and O–H groups in total. The zero-order valence-corrected chi connectivity index (χ0v) is 11.6. The maximum Gasteiger partial charge on any atom is 0.223 e. The van der Waals surface area contributed by atoms with Crippen LogP contribution < -0.4 is 5.73 Å². The molecule has 0 aromatic carbocycles. The number of amides is 1. The molecule has 5 nitrogen and oxygen atoms in total. The van der Waals surface area contributed by atoms with E-state index in [2.05, 4.69) is 18.9 Å². The standard InChI is InChI=1S/C14H22N4O/c1-9(2)17-8-10(7-16-17)14-12(15)5-6-13(19)18(14)11-3-4-11/h7-9,11-12,14H,3-6,15H2,1-2H3. The third-order valence-corrected chi connectivity index (χ3v) is 4.12. The number of carbonyl (C=O) groups excluding carboxylic acids is 1. The third kappa shape index (κ3) is 2.27. The van der Waals surface area contributed by atoms with Gasteiger partial charge in [0, 0.05) is 36.3 Å². The van der Waals surface area contributed by atoms with E-state index < -0.39 is 0 Å². The first-order valence-corrected chi connectivity index (χ1v) is 7.18. The first kappa shape index (κ1) is 12.7. The van der Waals surface area contributed by atoms with Crippen molar-refractivity contribution in [1.29, 1.82) is 0 Å². The van der Waals surface area contributed by atoms with E-state index in [1.165, 1.54) is 0 Å². The van der Waals surface area contributed by atoms with Crippen molar-refractivity contribution < 1.29 is 4.79 Å². The minimum atomic E-state index is 0.0150. The van der Waals surface area contributed by atoms with E-state index >= 15 is 0 Å². The summed E-state index contributed by atoms with van der Waals surface area (Å²) >= 11 is 0. The smallest absolute Gasteiger partial charge is 0.223 e. The van der Waals surface area contributed by atoms with Gasteiger partial charge in [0.15, 0.2) is 0 Å². The van der Waals surface area contributed by atoms with E-state index in [1.54, 1.807) is 0 Å². The summed E-state index contributed by atoms with van der Waals surface area (Å²) in [6.07, 6.45) is 7.52. The van der Waals surface area contributed by atoms with Crippen LogP contribution in [0.3, 0.4) is 0 Å². The van der Waals surface area contributed by atoms with E-state index in [-0.39, 0.29) is 18.0 Å². The second kappa shape index (κ2) is 4.63. The molecule has 2 heterocycles. The van der Waals surface area contributed by atoms with Gasteiger partial charge in [0.2, 0.25) is 5.91 Å². The zero-order chi connectivity index (χ0) is 13.6. The highest BCUT2D eigenvalue weighted by Crippen LogP contribution is 2.39. The fourth-order valence-electron chi connectivity index (χ4n) is 2.92. The van der Waals surface area contributed by atoms with Crippen molar-refractivity contribution in [2.75, 3.05) is 0 Å². The molecule has 0 radical (unpaired) electrons. The molecule has 1 amide bonds.